The van der Waals surface area contributed by atoms with Crippen LogP contribution in [0.15, 0.2) is 0 Å². The average Bonchev–Trinajstić information content (AvgIpc) is 2.36. The number of nitrogens with zero attached hydrogens (tertiary/aromatic N) is 1. The minimum atomic E-state index is 0.636. The Bertz CT molecular complexity index is 197. The van der Waals surface area contributed by atoms with Gasteiger partial charge in [-0.3, -0.25) is 4.90 Å². The Balaban J connectivity index is 2.27. The third-order valence-corrected chi connectivity index (χ3v) is 3.95. The van der Waals surface area contributed by atoms with Gasteiger partial charge >= 0.3 is 0 Å². The number of piperidine rings is 1. The molecular formula is C14H30N2O. The standard InChI is InChI=1S/C14H30N2O/c1-5-12(2)15-9-13(3)16-8-6-7-14(10-16)11-17-4/h12-15H,5-11H2,1-4H3. The molecule has 0 aliphatic carbocycles. The van der Waals surface area contributed by atoms with Gasteiger partial charge in [0.1, 0.15) is 0 Å². The van der Waals surface area contributed by atoms with E-state index >= 15 is 0 Å². The van der Waals surface area contributed by atoms with Gasteiger partial charge in [-0.25, -0.2) is 0 Å². The Hall–Kier alpha value is -0.120. The lowest BCUT2D eigenvalue weighted by Crippen LogP contribution is -2.47. The highest BCUT2D eigenvalue weighted by atomic mass is 16.5. The molecule has 0 saturated carbocycles. The first-order valence-corrected chi connectivity index (χ1v) is 7.13. The zero-order valence-electron chi connectivity index (χ0n) is 12.0. The highest BCUT2D eigenvalue weighted by Crippen LogP contribution is 2.18. The summed E-state index contributed by atoms with van der Waals surface area (Å²) < 4.78 is 5.28. The summed E-state index contributed by atoms with van der Waals surface area (Å²) in [6.07, 6.45) is 3.86. The van der Waals surface area contributed by atoms with Crippen molar-refractivity contribution in [3.8, 4) is 0 Å². The van der Waals surface area contributed by atoms with Crippen molar-refractivity contribution in [3.05, 3.63) is 0 Å². The van der Waals surface area contributed by atoms with E-state index in [1.165, 1.54) is 32.4 Å². The number of nitrogens with one attached hydrogen (secondary N) is 1. The maximum Gasteiger partial charge on any atom is 0.0502 e. The van der Waals surface area contributed by atoms with Crippen LogP contribution in [0.1, 0.15) is 40.0 Å². The third kappa shape index (κ3) is 5.36. The lowest BCUT2D eigenvalue weighted by atomic mass is 9.97. The summed E-state index contributed by atoms with van der Waals surface area (Å²) in [6, 6.07) is 1.28. The van der Waals surface area contributed by atoms with E-state index < -0.39 is 0 Å². The summed E-state index contributed by atoms with van der Waals surface area (Å²) in [5.41, 5.74) is 0. The molecule has 102 valence electrons. The fourth-order valence-electron chi connectivity index (χ4n) is 2.51. The highest BCUT2D eigenvalue weighted by Gasteiger charge is 2.23. The topological polar surface area (TPSA) is 24.5 Å². The molecule has 0 amide bonds. The average molecular weight is 242 g/mol. The number of ether oxygens (including phenoxy) is 1. The van der Waals surface area contributed by atoms with Gasteiger partial charge in [0.2, 0.25) is 0 Å². The summed E-state index contributed by atoms with van der Waals surface area (Å²) in [7, 11) is 1.81. The van der Waals surface area contributed by atoms with Crippen LogP contribution in [0.2, 0.25) is 0 Å². The van der Waals surface area contributed by atoms with Crippen molar-refractivity contribution in [1.82, 2.24) is 10.2 Å². The first kappa shape index (κ1) is 14.9. The van der Waals surface area contributed by atoms with Crippen LogP contribution < -0.4 is 5.32 Å². The molecule has 1 N–H and O–H groups in total. The van der Waals surface area contributed by atoms with E-state index in [2.05, 4.69) is 31.0 Å². The van der Waals surface area contributed by atoms with Crippen LogP contribution in [-0.2, 0) is 4.74 Å². The molecule has 1 saturated heterocycles. The molecule has 3 heteroatoms. The van der Waals surface area contributed by atoms with Crippen LogP contribution in [0.3, 0.4) is 0 Å². The first-order valence-electron chi connectivity index (χ1n) is 7.13. The maximum atomic E-state index is 5.28. The number of hydrogen-bond donors (Lipinski definition) is 1. The molecule has 0 aromatic rings. The van der Waals surface area contributed by atoms with Gasteiger partial charge < -0.3 is 10.1 Å². The largest absolute Gasteiger partial charge is 0.384 e. The van der Waals surface area contributed by atoms with Crippen LogP contribution in [-0.4, -0.2) is 50.3 Å². The lowest BCUT2D eigenvalue weighted by molar-refractivity contribution is 0.0715. The normalized spacial score (nSPS) is 25.8. The van der Waals surface area contributed by atoms with Gasteiger partial charge in [0.05, 0.1) is 6.61 Å². The molecule has 3 nitrogen and oxygen atoms in total. The summed E-state index contributed by atoms with van der Waals surface area (Å²) >= 11 is 0. The van der Waals surface area contributed by atoms with E-state index in [1.54, 1.807) is 0 Å². The lowest BCUT2D eigenvalue weighted by Gasteiger charge is -2.37. The smallest absolute Gasteiger partial charge is 0.0502 e. The van der Waals surface area contributed by atoms with Crippen LogP contribution in [0.25, 0.3) is 0 Å². The third-order valence-electron chi connectivity index (χ3n) is 3.95. The van der Waals surface area contributed by atoms with E-state index in [0.717, 1.165) is 19.1 Å². The van der Waals surface area contributed by atoms with Gasteiger partial charge in [-0.15, -0.1) is 0 Å². The Morgan fingerprint density at radius 3 is 2.82 bits per heavy atom. The summed E-state index contributed by atoms with van der Waals surface area (Å²) in [5.74, 6) is 0.736. The zero-order valence-corrected chi connectivity index (χ0v) is 12.0. The molecule has 1 aliphatic heterocycles. The second kappa shape index (κ2) is 8.06. The van der Waals surface area contributed by atoms with E-state index in [4.69, 9.17) is 4.74 Å². The van der Waals surface area contributed by atoms with E-state index in [0.29, 0.717) is 12.1 Å². The molecule has 0 aromatic heterocycles. The number of likely N-dealkylation sites (tertiary alicyclic amines) is 1. The Labute approximate surface area is 107 Å². The molecular weight excluding hydrogens is 212 g/mol. The molecule has 1 heterocycles. The van der Waals surface area contributed by atoms with Gasteiger partial charge in [0.25, 0.3) is 0 Å². The second-order valence-corrected chi connectivity index (χ2v) is 5.53. The fourth-order valence-corrected chi connectivity index (χ4v) is 2.51. The highest BCUT2D eigenvalue weighted by molar-refractivity contribution is 4.78. The van der Waals surface area contributed by atoms with Crippen LogP contribution in [0.4, 0.5) is 0 Å². The Kier molecular flexibility index (Phi) is 7.09. The summed E-state index contributed by atoms with van der Waals surface area (Å²) in [6.45, 7) is 11.3. The van der Waals surface area contributed by atoms with Gasteiger partial charge in [-0.1, -0.05) is 6.92 Å². The van der Waals surface area contributed by atoms with Gasteiger partial charge in [0.15, 0.2) is 0 Å². The van der Waals surface area contributed by atoms with Gasteiger partial charge in [-0.2, -0.15) is 0 Å². The van der Waals surface area contributed by atoms with Crippen molar-refractivity contribution in [1.29, 1.82) is 0 Å². The predicted molar refractivity (Wildman–Crippen MR) is 73.4 cm³/mol. The number of methoxy groups -OCH3 is 1. The molecule has 0 spiro atoms. The van der Waals surface area contributed by atoms with Crippen molar-refractivity contribution in [2.75, 3.05) is 33.4 Å². The van der Waals surface area contributed by atoms with Crippen LogP contribution in [0.5, 0.6) is 0 Å². The molecule has 3 atom stereocenters. The minimum absolute atomic E-state index is 0.636. The predicted octanol–water partition coefficient (Wildman–Crippen LogP) is 2.12. The van der Waals surface area contributed by atoms with Crippen molar-refractivity contribution in [2.24, 2.45) is 5.92 Å². The fraction of sp³-hybridized carbons (Fsp3) is 1.00. The maximum absolute atomic E-state index is 5.28. The molecule has 3 unspecified atom stereocenters. The summed E-state index contributed by atoms with van der Waals surface area (Å²) in [4.78, 5) is 2.61. The van der Waals surface area contributed by atoms with E-state index in [1.807, 2.05) is 7.11 Å². The van der Waals surface area contributed by atoms with E-state index in [-0.39, 0.29) is 0 Å². The monoisotopic (exact) mass is 242 g/mol. The molecule has 0 bridgehead atoms. The Morgan fingerprint density at radius 2 is 2.18 bits per heavy atom. The second-order valence-electron chi connectivity index (χ2n) is 5.53. The molecule has 0 aromatic carbocycles. The summed E-state index contributed by atoms with van der Waals surface area (Å²) in [5, 5.41) is 3.60. The van der Waals surface area contributed by atoms with Crippen molar-refractivity contribution in [3.63, 3.8) is 0 Å². The molecule has 1 aliphatic rings. The SMILES string of the molecule is CCC(C)NCC(C)N1CCCC(COC)C1. The molecule has 1 fully saturated rings. The first-order chi connectivity index (χ1) is 8.17. The van der Waals surface area contributed by atoms with Crippen LogP contribution in [0, 0.1) is 5.92 Å². The number of hydrogen-bond acceptors (Lipinski definition) is 3. The van der Waals surface area contributed by atoms with Gasteiger partial charge in [-0.05, 0) is 45.6 Å². The van der Waals surface area contributed by atoms with Crippen molar-refractivity contribution >= 4 is 0 Å². The van der Waals surface area contributed by atoms with Crippen LogP contribution >= 0.6 is 0 Å². The number of rotatable bonds is 7. The van der Waals surface area contributed by atoms with E-state index in [9.17, 15) is 0 Å². The quantitative estimate of drug-likeness (QED) is 0.740. The van der Waals surface area contributed by atoms with Gasteiger partial charge in [0, 0.05) is 32.3 Å². The molecule has 17 heavy (non-hydrogen) atoms. The minimum Gasteiger partial charge on any atom is -0.384 e. The van der Waals surface area contributed by atoms with Crippen molar-refractivity contribution < 1.29 is 4.74 Å². The molecule has 0 radical (unpaired) electrons. The Morgan fingerprint density at radius 1 is 1.41 bits per heavy atom. The zero-order chi connectivity index (χ0) is 12.7. The molecule has 1 rings (SSSR count). The van der Waals surface area contributed by atoms with Crippen molar-refractivity contribution in [2.45, 2.75) is 52.1 Å².